The van der Waals surface area contributed by atoms with Crippen LogP contribution in [0.2, 0.25) is 5.82 Å². The monoisotopic (exact) mass is 416 g/mol. The summed E-state index contributed by atoms with van der Waals surface area (Å²) in [6.45, 7) is 1.51. The fourth-order valence-corrected chi connectivity index (χ4v) is 4.22. The van der Waals surface area contributed by atoms with Gasteiger partial charge in [-0.2, -0.15) is 16.8 Å². The largest absolute Gasteiger partial charge is 0.377 e. The molecule has 1 aliphatic heterocycles. The molecule has 1 saturated heterocycles. The molecular formula is C13H25BO10S2. The van der Waals surface area contributed by atoms with Crippen LogP contribution >= 0.6 is 0 Å². The Balaban J connectivity index is 2.03. The average molecular weight is 416 g/mol. The molecule has 152 valence electrons. The Kier molecular flexibility index (Phi) is 7.11. The summed E-state index contributed by atoms with van der Waals surface area (Å²) in [6, 6.07) is 0. The molecule has 0 aromatic rings. The Bertz CT molecular complexity index is 681. The smallest absolute Gasteiger partial charge is 0.267 e. The number of hydrogen-bond donors (Lipinski definition) is 3. The molecule has 3 N–H and O–H groups in total. The average Bonchev–Trinajstić information content (AvgIpc) is 3.19. The standard InChI is InChI=1S/C13H25BO10S2/c1-7-8(12-13(15)24-12)6-9(22-2-4-25(16,17)18)10(14)11(7)23-3-5-26(19,20)21/h7-13,15H,2-6,14H2,1H3,(H,16,17,18)(H,19,20,21). The molecule has 0 radical (unpaired) electrons. The topological polar surface area (TPSA) is 160 Å². The Morgan fingerprint density at radius 3 is 2.04 bits per heavy atom. The molecule has 2 rings (SSSR count). The van der Waals surface area contributed by atoms with Crippen molar-refractivity contribution < 1.29 is 45.3 Å². The summed E-state index contributed by atoms with van der Waals surface area (Å²) in [7, 11) is -6.44. The van der Waals surface area contributed by atoms with Crippen molar-refractivity contribution in [1.82, 2.24) is 0 Å². The Labute approximate surface area is 154 Å². The van der Waals surface area contributed by atoms with Gasteiger partial charge >= 0.3 is 0 Å². The van der Waals surface area contributed by atoms with Crippen molar-refractivity contribution in [3.63, 3.8) is 0 Å². The number of aliphatic hydroxyl groups is 1. The summed E-state index contributed by atoms with van der Waals surface area (Å²) in [4.78, 5) is 0. The van der Waals surface area contributed by atoms with Gasteiger partial charge in [-0.3, -0.25) is 9.11 Å². The lowest BCUT2D eigenvalue weighted by molar-refractivity contribution is -0.0867. The Hall–Kier alpha value is -0.275. The molecule has 0 bridgehead atoms. The highest BCUT2D eigenvalue weighted by Gasteiger charge is 2.52. The fourth-order valence-electron chi connectivity index (χ4n) is 3.61. The maximum atomic E-state index is 10.9. The molecule has 10 nitrogen and oxygen atoms in total. The predicted octanol–water partition coefficient (Wildman–Crippen LogP) is -1.67. The number of ether oxygens (including phenoxy) is 3. The molecule has 0 amide bonds. The van der Waals surface area contributed by atoms with Gasteiger partial charge in [0.15, 0.2) is 6.29 Å². The summed E-state index contributed by atoms with van der Waals surface area (Å²) >= 11 is 0. The minimum atomic E-state index is -4.15. The van der Waals surface area contributed by atoms with Crippen LogP contribution in [0.4, 0.5) is 0 Å². The highest BCUT2D eigenvalue weighted by molar-refractivity contribution is 7.86. The summed E-state index contributed by atoms with van der Waals surface area (Å²) in [5.41, 5.74) is 0. The van der Waals surface area contributed by atoms with Crippen molar-refractivity contribution >= 4 is 28.1 Å². The molecule has 0 aromatic heterocycles. The van der Waals surface area contributed by atoms with E-state index in [4.69, 9.17) is 23.3 Å². The summed E-state index contributed by atoms with van der Waals surface area (Å²) in [5.74, 6) is -1.46. The molecule has 1 heterocycles. The first-order valence-corrected chi connectivity index (χ1v) is 11.6. The van der Waals surface area contributed by atoms with E-state index in [0.29, 0.717) is 6.42 Å². The van der Waals surface area contributed by atoms with Crippen molar-refractivity contribution in [2.75, 3.05) is 24.7 Å². The van der Waals surface area contributed by atoms with E-state index in [-0.39, 0.29) is 37.0 Å². The van der Waals surface area contributed by atoms with Crippen molar-refractivity contribution in [1.29, 1.82) is 0 Å². The van der Waals surface area contributed by atoms with Crippen LogP contribution in [0.25, 0.3) is 0 Å². The molecule has 26 heavy (non-hydrogen) atoms. The van der Waals surface area contributed by atoms with E-state index in [0.717, 1.165) is 0 Å². The van der Waals surface area contributed by atoms with Crippen LogP contribution in [0.5, 0.6) is 0 Å². The lowest BCUT2D eigenvalue weighted by Crippen LogP contribution is -2.47. The number of epoxide rings is 1. The van der Waals surface area contributed by atoms with E-state index < -0.39 is 50.2 Å². The van der Waals surface area contributed by atoms with E-state index >= 15 is 0 Å². The van der Waals surface area contributed by atoms with E-state index in [1.807, 2.05) is 14.8 Å². The van der Waals surface area contributed by atoms with Crippen LogP contribution in [-0.4, -0.2) is 88.2 Å². The number of hydrogen-bond acceptors (Lipinski definition) is 8. The minimum Gasteiger partial charge on any atom is -0.377 e. The van der Waals surface area contributed by atoms with Gasteiger partial charge in [-0.1, -0.05) is 6.92 Å². The molecular weight excluding hydrogens is 391 g/mol. The maximum absolute atomic E-state index is 10.9. The Morgan fingerprint density at radius 2 is 1.58 bits per heavy atom. The van der Waals surface area contributed by atoms with E-state index in [1.54, 1.807) is 0 Å². The normalized spacial score (nSPS) is 38.2. The van der Waals surface area contributed by atoms with Crippen LogP contribution < -0.4 is 0 Å². The molecule has 0 spiro atoms. The quantitative estimate of drug-likeness (QED) is 0.225. The van der Waals surface area contributed by atoms with Crippen LogP contribution in [-0.2, 0) is 34.4 Å². The first-order chi connectivity index (χ1) is 11.9. The molecule has 1 saturated carbocycles. The minimum absolute atomic E-state index is 0.0741. The lowest BCUT2D eigenvalue weighted by atomic mass is 9.62. The van der Waals surface area contributed by atoms with Gasteiger partial charge in [-0.05, 0) is 24.1 Å². The van der Waals surface area contributed by atoms with Gasteiger partial charge in [0.1, 0.15) is 14.0 Å². The van der Waals surface area contributed by atoms with Gasteiger partial charge in [0.25, 0.3) is 20.2 Å². The molecule has 7 unspecified atom stereocenters. The molecule has 1 aliphatic carbocycles. The van der Waals surface area contributed by atoms with Crippen LogP contribution in [0.15, 0.2) is 0 Å². The second-order valence-corrected chi connectivity index (χ2v) is 10.1. The predicted molar refractivity (Wildman–Crippen MR) is 92.8 cm³/mol. The maximum Gasteiger partial charge on any atom is 0.267 e. The van der Waals surface area contributed by atoms with Gasteiger partial charge < -0.3 is 19.3 Å². The zero-order valence-electron chi connectivity index (χ0n) is 14.6. The third kappa shape index (κ3) is 6.41. The number of aliphatic hydroxyl groups excluding tert-OH is 1. The second-order valence-electron chi connectivity index (χ2n) is 6.93. The lowest BCUT2D eigenvalue weighted by Gasteiger charge is -2.44. The first kappa shape index (κ1) is 22.0. The van der Waals surface area contributed by atoms with Crippen LogP contribution in [0.3, 0.4) is 0 Å². The van der Waals surface area contributed by atoms with Gasteiger partial charge in [-0.25, -0.2) is 0 Å². The Morgan fingerprint density at radius 1 is 1.08 bits per heavy atom. The van der Waals surface area contributed by atoms with Crippen LogP contribution in [0.1, 0.15) is 13.3 Å². The second kappa shape index (κ2) is 8.39. The van der Waals surface area contributed by atoms with Gasteiger partial charge in [-0.15, -0.1) is 0 Å². The fraction of sp³-hybridized carbons (Fsp3) is 1.00. The van der Waals surface area contributed by atoms with Crippen LogP contribution in [0, 0.1) is 11.8 Å². The van der Waals surface area contributed by atoms with Gasteiger partial charge in [0.2, 0.25) is 0 Å². The van der Waals surface area contributed by atoms with E-state index in [9.17, 15) is 21.9 Å². The highest BCUT2D eigenvalue weighted by Crippen LogP contribution is 2.46. The van der Waals surface area contributed by atoms with Gasteiger partial charge in [0, 0.05) is 0 Å². The zero-order chi connectivity index (χ0) is 19.7. The zero-order valence-corrected chi connectivity index (χ0v) is 16.2. The van der Waals surface area contributed by atoms with E-state index in [2.05, 4.69) is 0 Å². The molecule has 2 fully saturated rings. The molecule has 2 aliphatic rings. The summed E-state index contributed by atoms with van der Waals surface area (Å²) < 4.78 is 77.6. The first-order valence-electron chi connectivity index (χ1n) is 8.36. The highest BCUT2D eigenvalue weighted by atomic mass is 32.2. The van der Waals surface area contributed by atoms with Gasteiger partial charge in [0.05, 0.1) is 36.9 Å². The third-order valence-electron chi connectivity index (χ3n) is 5.05. The van der Waals surface area contributed by atoms with Crippen molar-refractivity contribution in [2.45, 2.75) is 43.8 Å². The third-order valence-corrected chi connectivity index (χ3v) is 6.42. The molecule has 0 aromatic carbocycles. The van der Waals surface area contributed by atoms with Crippen molar-refractivity contribution in [2.24, 2.45) is 11.8 Å². The summed E-state index contributed by atoms with van der Waals surface area (Å²) in [6.07, 6.45) is -1.58. The van der Waals surface area contributed by atoms with Crippen molar-refractivity contribution in [3.05, 3.63) is 0 Å². The van der Waals surface area contributed by atoms with E-state index in [1.165, 1.54) is 0 Å². The number of rotatable bonds is 9. The SMILES string of the molecule is BC1C(OCCS(=O)(=O)O)CC(C2OC2O)C(C)C1OCCS(=O)(=O)O. The summed E-state index contributed by atoms with van der Waals surface area (Å²) in [5, 5.41) is 9.57. The molecule has 13 heteroatoms. The molecule has 7 atom stereocenters. The van der Waals surface area contributed by atoms with Crippen molar-refractivity contribution in [3.8, 4) is 0 Å².